The van der Waals surface area contributed by atoms with Crippen molar-refractivity contribution in [2.45, 2.75) is 87.2 Å². The van der Waals surface area contributed by atoms with Gasteiger partial charge in [-0.25, -0.2) is 24.2 Å². The molecule has 1 aliphatic rings. The highest BCUT2D eigenvalue weighted by molar-refractivity contribution is 6.17. The summed E-state index contributed by atoms with van der Waals surface area (Å²) >= 11 is 5.19. The van der Waals surface area contributed by atoms with E-state index >= 15 is 0 Å². The standard InChI is InChI=1S/C16H24N2O2.C4H6O4.C3H7Cl.C3H6O.C2H6/c1-16(2,3)20-15(19)18-11-7-10-17(12-13-18)14-8-5-4-6-9-14;1-3(5)7-8-4(2)6;2*1-2-3-4;1-2/h4-6,8-9H,7,10-13H2,1-3H3;1-2H3;2-3H2,1H3;3H,2H2,1H3;1-2H3. The molecular formula is C28H49ClN2O7. The minimum Gasteiger partial charge on any atom is -0.444 e. The molecule has 1 aliphatic heterocycles. The maximum Gasteiger partial charge on any atom is 0.410 e. The van der Waals surface area contributed by atoms with Crippen LogP contribution in [0.5, 0.6) is 0 Å². The second kappa shape index (κ2) is 25.8. The van der Waals surface area contributed by atoms with E-state index in [1.54, 1.807) is 0 Å². The normalized spacial score (nSPS) is 12.1. The summed E-state index contributed by atoms with van der Waals surface area (Å²) in [4.78, 5) is 52.7. The molecule has 0 aromatic heterocycles. The maximum atomic E-state index is 12.1. The van der Waals surface area contributed by atoms with E-state index in [0.717, 1.165) is 58.5 Å². The zero-order chi connectivity index (χ0) is 30.0. The number of para-hydroxylation sites is 1. The first-order chi connectivity index (χ1) is 17.9. The van der Waals surface area contributed by atoms with Crippen LogP contribution in [0.25, 0.3) is 0 Å². The van der Waals surface area contributed by atoms with Gasteiger partial charge in [-0.15, -0.1) is 11.6 Å². The lowest BCUT2D eigenvalue weighted by molar-refractivity contribution is -0.255. The van der Waals surface area contributed by atoms with Crippen LogP contribution < -0.4 is 4.90 Å². The van der Waals surface area contributed by atoms with Crippen molar-refractivity contribution in [3.05, 3.63) is 30.3 Å². The van der Waals surface area contributed by atoms with Crippen LogP contribution in [-0.2, 0) is 28.9 Å². The molecule has 0 bridgehead atoms. The maximum absolute atomic E-state index is 12.1. The predicted octanol–water partition coefficient (Wildman–Crippen LogP) is 6.42. The number of benzene rings is 1. The van der Waals surface area contributed by atoms with E-state index < -0.39 is 17.5 Å². The molecule has 0 radical (unpaired) electrons. The van der Waals surface area contributed by atoms with Crippen molar-refractivity contribution in [2.75, 3.05) is 37.0 Å². The Balaban J connectivity index is -0.000000561. The van der Waals surface area contributed by atoms with Crippen molar-refractivity contribution >= 4 is 41.6 Å². The molecule has 1 aromatic rings. The van der Waals surface area contributed by atoms with E-state index in [4.69, 9.17) is 16.3 Å². The summed E-state index contributed by atoms with van der Waals surface area (Å²) in [5.41, 5.74) is 0.793. The van der Waals surface area contributed by atoms with Crippen LogP contribution in [0.15, 0.2) is 30.3 Å². The molecule has 0 saturated carbocycles. The molecule has 1 saturated heterocycles. The second-order valence-corrected chi connectivity index (χ2v) is 8.94. The molecule has 2 rings (SSSR count). The van der Waals surface area contributed by atoms with Gasteiger partial charge < -0.3 is 19.3 Å². The fraction of sp³-hybridized carbons (Fsp3) is 0.643. The van der Waals surface area contributed by atoms with Gasteiger partial charge in [0.2, 0.25) is 0 Å². The minimum absolute atomic E-state index is 0.201. The summed E-state index contributed by atoms with van der Waals surface area (Å²) in [5, 5.41) is 0. The fourth-order valence-corrected chi connectivity index (χ4v) is 2.44. The van der Waals surface area contributed by atoms with E-state index in [1.165, 1.54) is 5.69 Å². The average Bonchev–Trinajstić information content (AvgIpc) is 3.15. The highest BCUT2D eigenvalue weighted by Crippen LogP contribution is 2.17. The van der Waals surface area contributed by atoms with Gasteiger partial charge in [-0.2, -0.15) is 0 Å². The third-order valence-corrected chi connectivity index (χ3v) is 4.28. The first-order valence-electron chi connectivity index (χ1n) is 13.0. The van der Waals surface area contributed by atoms with Crippen LogP contribution in [0.2, 0.25) is 0 Å². The average molecular weight is 561 g/mol. The number of rotatable bonds is 3. The number of carbonyl (C=O) groups is 4. The first-order valence-corrected chi connectivity index (χ1v) is 13.6. The Labute approximate surface area is 234 Å². The largest absolute Gasteiger partial charge is 0.444 e. The number of anilines is 1. The fourth-order valence-electron chi connectivity index (χ4n) is 2.44. The van der Waals surface area contributed by atoms with E-state index in [9.17, 15) is 19.2 Å². The third-order valence-electron chi connectivity index (χ3n) is 3.90. The lowest BCUT2D eigenvalue weighted by Crippen LogP contribution is -2.39. The van der Waals surface area contributed by atoms with Gasteiger partial charge in [-0.05, 0) is 45.7 Å². The topological polar surface area (TPSA) is 102 Å². The van der Waals surface area contributed by atoms with Gasteiger partial charge >= 0.3 is 18.0 Å². The van der Waals surface area contributed by atoms with E-state index in [-0.39, 0.29) is 6.09 Å². The summed E-state index contributed by atoms with van der Waals surface area (Å²) in [6.45, 7) is 19.2. The second-order valence-electron chi connectivity index (χ2n) is 8.56. The van der Waals surface area contributed by atoms with Crippen molar-refractivity contribution in [2.24, 2.45) is 0 Å². The summed E-state index contributed by atoms with van der Waals surface area (Å²) in [6.07, 6.45) is 3.36. The molecule has 1 fully saturated rings. The van der Waals surface area contributed by atoms with Crippen LogP contribution in [0.1, 0.15) is 81.6 Å². The first kappa shape index (κ1) is 39.7. The molecule has 220 valence electrons. The Hall–Kier alpha value is -2.81. The molecule has 1 amide bonds. The Bertz CT molecular complexity index is 724. The summed E-state index contributed by atoms with van der Waals surface area (Å²) < 4.78 is 5.44. The number of nitrogens with zero attached hydrogens (tertiary/aromatic N) is 2. The summed E-state index contributed by atoms with van der Waals surface area (Å²) in [5.74, 6) is -0.486. The zero-order valence-electron chi connectivity index (χ0n) is 24.8. The molecule has 1 aromatic carbocycles. The van der Waals surface area contributed by atoms with Gasteiger partial charge in [-0.1, -0.05) is 45.9 Å². The van der Waals surface area contributed by atoms with Crippen molar-refractivity contribution in [1.29, 1.82) is 0 Å². The molecule has 1 heterocycles. The van der Waals surface area contributed by atoms with Gasteiger partial charge in [0.1, 0.15) is 11.9 Å². The Morgan fingerprint density at radius 2 is 1.39 bits per heavy atom. The number of hydrogen-bond acceptors (Lipinski definition) is 8. The van der Waals surface area contributed by atoms with Crippen LogP contribution in [0, 0.1) is 0 Å². The van der Waals surface area contributed by atoms with Crippen molar-refractivity contribution in [3.63, 3.8) is 0 Å². The number of amides is 1. The van der Waals surface area contributed by atoms with Crippen molar-refractivity contribution < 1.29 is 33.7 Å². The Morgan fingerprint density at radius 3 is 1.76 bits per heavy atom. The summed E-state index contributed by atoms with van der Waals surface area (Å²) in [7, 11) is 0. The highest BCUT2D eigenvalue weighted by atomic mass is 35.5. The monoisotopic (exact) mass is 560 g/mol. The van der Waals surface area contributed by atoms with E-state index in [2.05, 4.69) is 26.8 Å². The molecule has 0 spiro atoms. The van der Waals surface area contributed by atoms with Gasteiger partial charge in [0.15, 0.2) is 0 Å². The number of ether oxygens (including phenoxy) is 1. The number of hydrogen-bond donors (Lipinski definition) is 0. The molecular weight excluding hydrogens is 512 g/mol. The lowest BCUT2D eigenvalue weighted by Gasteiger charge is -2.27. The van der Waals surface area contributed by atoms with Crippen LogP contribution in [-0.4, -0.2) is 66.9 Å². The number of aldehydes is 1. The predicted molar refractivity (Wildman–Crippen MR) is 153 cm³/mol. The SMILES string of the molecule is CC.CC(=O)OOC(C)=O.CC(C)(C)OC(=O)N1CCCN(c2ccccc2)CC1.CCC=O.CCCCl. The van der Waals surface area contributed by atoms with Crippen LogP contribution >= 0.6 is 11.6 Å². The third kappa shape index (κ3) is 26.3. The van der Waals surface area contributed by atoms with Crippen molar-refractivity contribution in [3.8, 4) is 0 Å². The van der Waals surface area contributed by atoms with E-state index in [0.29, 0.717) is 13.0 Å². The Morgan fingerprint density at radius 1 is 0.921 bits per heavy atom. The van der Waals surface area contributed by atoms with Crippen LogP contribution in [0.4, 0.5) is 10.5 Å². The molecule has 0 atom stereocenters. The zero-order valence-corrected chi connectivity index (χ0v) is 25.5. The smallest absolute Gasteiger partial charge is 0.410 e. The molecule has 0 unspecified atom stereocenters. The van der Waals surface area contributed by atoms with E-state index in [1.807, 2.05) is 71.6 Å². The van der Waals surface area contributed by atoms with Crippen LogP contribution in [0.3, 0.4) is 0 Å². The minimum atomic E-state index is -0.639. The molecule has 10 heteroatoms. The molecule has 9 nitrogen and oxygen atoms in total. The highest BCUT2D eigenvalue weighted by Gasteiger charge is 2.24. The summed E-state index contributed by atoms with van der Waals surface area (Å²) in [6, 6.07) is 10.3. The quantitative estimate of drug-likeness (QED) is 0.181. The van der Waals surface area contributed by atoms with Crippen molar-refractivity contribution in [1.82, 2.24) is 4.90 Å². The Kier molecular flexibility index (Phi) is 27.0. The number of halogens is 1. The van der Waals surface area contributed by atoms with Gasteiger partial charge in [0.05, 0.1) is 0 Å². The van der Waals surface area contributed by atoms with Gasteiger partial charge in [0.25, 0.3) is 0 Å². The van der Waals surface area contributed by atoms with Gasteiger partial charge in [0, 0.05) is 58.0 Å². The molecule has 0 N–H and O–H groups in total. The lowest BCUT2D eigenvalue weighted by atomic mass is 10.2. The van der Waals surface area contributed by atoms with Gasteiger partial charge in [-0.3, -0.25) is 0 Å². The molecule has 38 heavy (non-hydrogen) atoms. The molecule has 0 aliphatic carbocycles. The number of alkyl halides is 1. The number of carbonyl (C=O) groups excluding carboxylic acids is 4.